The Hall–Kier alpha value is -3.73. The lowest BCUT2D eigenvalue weighted by atomic mass is 9.54. The van der Waals surface area contributed by atoms with Gasteiger partial charge >= 0.3 is 5.97 Å². The number of hydrogen-bond donors (Lipinski definition) is 0. The van der Waals surface area contributed by atoms with E-state index in [2.05, 4.69) is 77.9 Å². The van der Waals surface area contributed by atoms with Crippen LogP contribution in [0.3, 0.4) is 0 Å². The number of imide groups is 1. The Morgan fingerprint density at radius 2 is 1.10 bits per heavy atom. The van der Waals surface area contributed by atoms with Crippen molar-refractivity contribution in [1.29, 1.82) is 0 Å². The third-order valence-corrected chi connectivity index (χ3v) is 8.72. The molecule has 1 heterocycles. The molecule has 200 valence electrons. The maximum Gasteiger partial charge on any atom is 0.308 e. The van der Waals surface area contributed by atoms with Gasteiger partial charge in [-0.05, 0) is 68.5 Å². The van der Waals surface area contributed by atoms with Crippen LogP contribution >= 0.6 is 0 Å². The molecule has 3 aromatic rings. The summed E-state index contributed by atoms with van der Waals surface area (Å²) < 4.78 is 5.16. The van der Waals surface area contributed by atoms with Crippen LogP contribution in [0.5, 0.6) is 5.75 Å². The average molecular weight is 522 g/mol. The number of anilines is 1. The third kappa shape index (κ3) is 3.85. The number of ether oxygens (including phenoxy) is 1. The molecule has 1 aliphatic heterocycles. The van der Waals surface area contributed by atoms with E-state index >= 15 is 0 Å². The van der Waals surface area contributed by atoms with Gasteiger partial charge in [-0.2, -0.15) is 0 Å². The summed E-state index contributed by atoms with van der Waals surface area (Å²) in [5.74, 6) is -1.61. The molecule has 0 aromatic heterocycles. The predicted octanol–water partition coefficient (Wildman–Crippen LogP) is 6.60. The largest absolute Gasteiger partial charge is 0.427 e. The Kier molecular flexibility index (Phi) is 5.49. The van der Waals surface area contributed by atoms with Crippen molar-refractivity contribution in [3.05, 3.63) is 94.0 Å². The lowest BCUT2D eigenvalue weighted by molar-refractivity contribution is -0.132. The van der Waals surface area contributed by atoms with Crippen LogP contribution in [0, 0.1) is 11.8 Å². The highest BCUT2D eigenvalue weighted by atomic mass is 16.5. The van der Waals surface area contributed by atoms with Crippen molar-refractivity contribution in [2.45, 2.75) is 71.1 Å². The Labute approximate surface area is 230 Å². The van der Waals surface area contributed by atoms with Gasteiger partial charge in [0.2, 0.25) is 11.8 Å². The first-order valence-corrected chi connectivity index (χ1v) is 13.7. The molecule has 0 N–H and O–H groups in total. The quantitative estimate of drug-likeness (QED) is 0.216. The normalized spacial score (nSPS) is 23.4. The van der Waals surface area contributed by atoms with Crippen LogP contribution in [0.1, 0.15) is 93.7 Å². The molecule has 0 spiro atoms. The second-order valence-electron chi connectivity index (χ2n) is 13.3. The summed E-state index contributed by atoms with van der Waals surface area (Å²) in [5.41, 5.74) is 7.59. The van der Waals surface area contributed by atoms with Crippen molar-refractivity contribution < 1.29 is 19.1 Å². The molecule has 4 aliphatic rings. The number of carbonyl (C=O) groups excluding carboxylic acids is 3. The Balaban J connectivity index is 1.51. The van der Waals surface area contributed by atoms with Gasteiger partial charge in [0.15, 0.2) is 0 Å². The van der Waals surface area contributed by atoms with Gasteiger partial charge in [-0.15, -0.1) is 0 Å². The minimum Gasteiger partial charge on any atom is -0.427 e. The monoisotopic (exact) mass is 521 g/mol. The SMILES string of the molecule is CC(=O)Oc1ccc(N2C(=O)[C@@H]3[C@@H]4c5cc(C(C)(C)C)ccc5[C@@H](c5cc(C(C)(C)C)ccc54)[C@@H]3C2=O)cc1. The fourth-order valence-corrected chi connectivity index (χ4v) is 6.79. The standard InChI is InChI=1S/C34H35NO4/c1-18(36)39-22-12-10-21(11-13-22)35-31(37)29-27-24-15-9-20(34(5,6)7)17-26(24)28(30(29)32(35)38)23-14-8-19(16-25(23)27)33(2,3)4/h8-17,27-30H,1-7H3/t27-,28-,29-,30+/m0/s1. The first-order chi connectivity index (χ1) is 18.3. The molecule has 5 heteroatoms. The molecule has 2 bridgehead atoms. The van der Waals surface area contributed by atoms with Crippen LogP contribution in [0.4, 0.5) is 5.69 Å². The molecule has 3 aromatic carbocycles. The van der Waals surface area contributed by atoms with Crippen molar-refractivity contribution in [3.8, 4) is 5.75 Å². The number of hydrogen-bond acceptors (Lipinski definition) is 4. The lowest BCUT2D eigenvalue weighted by Gasteiger charge is -2.47. The Bertz CT molecular complexity index is 1450. The molecule has 5 nitrogen and oxygen atoms in total. The maximum atomic E-state index is 14.2. The molecule has 0 unspecified atom stereocenters. The summed E-state index contributed by atoms with van der Waals surface area (Å²) in [5, 5.41) is 0. The van der Waals surface area contributed by atoms with Crippen molar-refractivity contribution in [2.24, 2.45) is 11.8 Å². The second kappa shape index (κ2) is 8.38. The highest BCUT2D eigenvalue weighted by Crippen LogP contribution is 2.62. The second-order valence-corrected chi connectivity index (χ2v) is 13.3. The zero-order valence-corrected chi connectivity index (χ0v) is 23.7. The molecular formula is C34H35NO4. The fraction of sp³-hybridized carbons (Fsp3) is 0.382. The Morgan fingerprint density at radius 3 is 1.49 bits per heavy atom. The van der Waals surface area contributed by atoms with Gasteiger partial charge in [0, 0.05) is 18.8 Å². The molecule has 1 saturated heterocycles. The van der Waals surface area contributed by atoms with Gasteiger partial charge in [0.25, 0.3) is 0 Å². The van der Waals surface area contributed by atoms with E-state index in [0.29, 0.717) is 11.4 Å². The van der Waals surface area contributed by atoms with Gasteiger partial charge < -0.3 is 4.74 Å². The van der Waals surface area contributed by atoms with E-state index in [0.717, 1.165) is 0 Å². The molecule has 3 aliphatic carbocycles. The van der Waals surface area contributed by atoms with Crippen LogP contribution < -0.4 is 9.64 Å². The summed E-state index contributed by atoms with van der Waals surface area (Å²) in [6.07, 6.45) is 0. The summed E-state index contributed by atoms with van der Waals surface area (Å²) in [7, 11) is 0. The molecule has 39 heavy (non-hydrogen) atoms. The number of amides is 2. The zero-order valence-electron chi connectivity index (χ0n) is 23.7. The fourth-order valence-electron chi connectivity index (χ4n) is 6.79. The van der Waals surface area contributed by atoms with Crippen LogP contribution in [0.15, 0.2) is 60.7 Å². The topological polar surface area (TPSA) is 63.7 Å². The van der Waals surface area contributed by atoms with E-state index in [9.17, 15) is 14.4 Å². The van der Waals surface area contributed by atoms with Crippen molar-refractivity contribution in [2.75, 3.05) is 4.90 Å². The summed E-state index contributed by atoms with van der Waals surface area (Å²) in [6, 6.07) is 20.0. The van der Waals surface area contributed by atoms with Gasteiger partial charge in [0.1, 0.15) is 5.75 Å². The molecule has 0 saturated carbocycles. The lowest BCUT2D eigenvalue weighted by Crippen LogP contribution is -2.42. The number of benzene rings is 3. The number of carbonyl (C=O) groups is 3. The van der Waals surface area contributed by atoms with Crippen LogP contribution in [0.2, 0.25) is 0 Å². The molecule has 1 fully saturated rings. The van der Waals surface area contributed by atoms with E-state index < -0.39 is 17.8 Å². The average Bonchev–Trinajstić information content (AvgIpc) is 3.13. The van der Waals surface area contributed by atoms with Gasteiger partial charge in [-0.1, -0.05) is 77.9 Å². The highest BCUT2D eigenvalue weighted by molar-refractivity contribution is 6.23. The first kappa shape index (κ1) is 25.5. The first-order valence-electron chi connectivity index (χ1n) is 13.7. The molecule has 0 radical (unpaired) electrons. The van der Waals surface area contributed by atoms with E-state index in [1.54, 1.807) is 24.3 Å². The number of rotatable bonds is 2. The molecule has 7 rings (SSSR count). The van der Waals surface area contributed by atoms with Crippen LogP contribution in [0.25, 0.3) is 0 Å². The van der Waals surface area contributed by atoms with Gasteiger partial charge in [-0.3, -0.25) is 14.4 Å². The van der Waals surface area contributed by atoms with Crippen molar-refractivity contribution in [3.63, 3.8) is 0 Å². The van der Waals surface area contributed by atoms with E-state index in [-0.39, 0.29) is 34.5 Å². The minimum atomic E-state index is -0.452. The molecular weight excluding hydrogens is 486 g/mol. The summed E-state index contributed by atoms with van der Waals surface area (Å²) in [4.78, 5) is 41.0. The minimum absolute atomic E-state index is 0.0325. The smallest absolute Gasteiger partial charge is 0.308 e. The Morgan fingerprint density at radius 1 is 0.667 bits per heavy atom. The third-order valence-electron chi connectivity index (χ3n) is 8.72. The van der Waals surface area contributed by atoms with E-state index in [1.807, 2.05) is 0 Å². The van der Waals surface area contributed by atoms with Gasteiger partial charge in [0.05, 0.1) is 17.5 Å². The van der Waals surface area contributed by atoms with Crippen molar-refractivity contribution >= 4 is 23.5 Å². The predicted molar refractivity (Wildman–Crippen MR) is 151 cm³/mol. The van der Waals surface area contributed by atoms with Crippen molar-refractivity contribution in [1.82, 2.24) is 0 Å². The van der Waals surface area contributed by atoms with E-state index in [1.165, 1.54) is 45.2 Å². The zero-order chi connectivity index (χ0) is 28.0. The molecule has 2 amide bonds. The van der Waals surface area contributed by atoms with Crippen LogP contribution in [-0.2, 0) is 25.2 Å². The number of esters is 1. The molecule has 4 atom stereocenters. The van der Waals surface area contributed by atoms with Gasteiger partial charge in [-0.25, -0.2) is 4.90 Å². The number of nitrogens with zero attached hydrogens (tertiary/aromatic N) is 1. The van der Waals surface area contributed by atoms with Crippen LogP contribution in [-0.4, -0.2) is 17.8 Å². The summed E-state index contributed by atoms with van der Waals surface area (Å²) in [6.45, 7) is 14.6. The maximum absolute atomic E-state index is 14.2. The summed E-state index contributed by atoms with van der Waals surface area (Å²) >= 11 is 0. The highest BCUT2D eigenvalue weighted by Gasteiger charge is 2.62. The van der Waals surface area contributed by atoms with E-state index in [4.69, 9.17) is 4.74 Å².